The van der Waals surface area contributed by atoms with Gasteiger partial charge in [0, 0.05) is 19.0 Å². The fourth-order valence-electron chi connectivity index (χ4n) is 1.71. The van der Waals surface area contributed by atoms with Crippen molar-refractivity contribution in [2.45, 2.75) is 39.2 Å². The summed E-state index contributed by atoms with van der Waals surface area (Å²) in [6, 6.07) is 0.244. The number of aliphatic hydroxyl groups excluding tert-OH is 1. The molecule has 0 rings (SSSR count). The Balaban J connectivity index is 4.29. The Labute approximate surface area is 91.6 Å². The van der Waals surface area contributed by atoms with E-state index in [2.05, 4.69) is 23.9 Å². The van der Waals surface area contributed by atoms with E-state index in [0.29, 0.717) is 13.0 Å². The lowest BCUT2D eigenvalue weighted by Gasteiger charge is -2.29. The maximum Gasteiger partial charge on any atom is 0.140 e. The van der Waals surface area contributed by atoms with E-state index in [9.17, 15) is 0 Å². The van der Waals surface area contributed by atoms with Gasteiger partial charge >= 0.3 is 0 Å². The lowest BCUT2D eigenvalue weighted by Crippen LogP contribution is -2.40. The number of oxime groups is 1. The molecule has 0 fully saturated rings. The Bertz CT molecular complexity index is 180. The highest BCUT2D eigenvalue weighted by Gasteiger charge is 2.16. The molecule has 0 spiro atoms. The van der Waals surface area contributed by atoms with Crippen LogP contribution >= 0.6 is 0 Å². The molecule has 0 amide bonds. The van der Waals surface area contributed by atoms with Crippen molar-refractivity contribution in [2.24, 2.45) is 10.9 Å². The van der Waals surface area contributed by atoms with Crippen molar-refractivity contribution >= 4 is 5.84 Å². The van der Waals surface area contributed by atoms with E-state index < -0.39 is 0 Å². The summed E-state index contributed by atoms with van der Waals surface area (Å²) in [4.78, 5) is 2.18. The van der Waals surface area contributed by atoms with Crippen LogP contribution < -0.4 is 5.73 Å². The Hall–Kier alpha value is -0.810. The van der Waals surface area contributed by atoms with Crippen LogP contribution in [0.4, 0.5) is 0 Å². The summed E-state index contributed by atoms with van der Waals surface area (Å²) in [5, 5.41) is 20.4. The van der Waals surface area contributed by atoms with Crippen LogP contribution in [0.15, 0.2) is 5.16 Å². The number of hydrogen-bond donors (Lipinski definition) is 3. The van der Waals surface area contributed by atoms with Gasteiger partial charge in [-0.3, -0.25) is 4.90 Å². The Morgan fingerprint density at radius 1 is 1.40 bits per heavy atom. The van der Waals surface area contributed by atoms with E-state index >= 15 is 0 Å². The van der Waals surface area contributed by atoms with Crippen molar-refractivity contribution in [2.75, 3.05) is 19.7 Å². The van der Waals surface area contributed by atoms with E-state index in [1.807, 2.05) is 0 Å². The van der Waals surface area contributed by atoms with Crippen molar-refractivity contribution < 1.29 is 10.3 Å². The molecule has 0 saturated heterocycles. The molecule has 0 radical (unpaired) electrons. The van der Waals surface area contributed by atoms with Crippen molar-refractivity contribution in [1.82, 2.24) is 4.90 Å². The number of aliphatic hydroxyl groups is 1. The summed E-state index contributed by atoms with van der Waals surface area (Å²) < 4.78 is 0. The van der Waals surface area contributed by atoms with E-state index in [-0.39, 0.29) is 18.5 Å². The largest absolute Gasteiger partial charge is 0.409 e. The van der Waals surface area contributed by atoms with Crippen LogP contribution in [0, 0.1) is 0 Å². The van der Waals surface area contributed by atoms with Crippen LogP contribution in [0.5, 0.6) is 0 Å². The summed E-state index contributed by atoms with van der Waals surface area (Å²) in [6.07, 6.45) is 2.51. The highest BCUT2D eigenvalue weighted by molar-refractivity contribution is 5.80. The quantitative estimate of drug-likeness (QED) is 0.241. The molecule has 0 bridgehead atoms. The molecule has 1 atom stereocenters. The number of hydrogen-bond acceptors (Lipinski definition) is 4. The Morgan fingerprint density at radius 2 is 2.07 bits per heavy atom. The molecular formula is C10H23N3O2. The van der Waals surface area contributed by atoms with Crippen LogP contribution in [0.3, 0.4) is 0 Å². The molecule has 0 aromatic carbocycles. The van der Waals surface area contributed by atoms with Gasteiger partial charge in [-0.15, -0.1) is 0 Å². The third-order valence-electron chi connectivity index (χ3n) is 2.46. The molecule has 4 N–H and O–H groups in total. The number of rotatable bonds is 8. The van der Waals surface area contributed by atoms with Gasteiger partial charge in [-0.25, -0.2) is 0 Å². The number of amidine groups is 1. The second kappa shape index (κ2) is 8.49. The molecule has 0 aliphatic carbocycles. The lowest BCUT2D eigenvalue weighted by molar-refractivity contribution is 0.149. The minimum Gasteiger partial charge on any atom is -0.409 e. The smallest absolute Gasteiger partial charge is 0.140 e. The van der Waals surface area contributed by atoms with Gasteiger partial charge in [0.05, 0.1) is 6.61 Å². The van der Waals surface area contributed by atoms with Gasteiger partial charge in [0.25, 0.3) is 0 Å². The zero-order valence-electron chi connectivity index (χ0n) is 9.69. The molecular weight excluding hydrogens is 194 g/mol. The van der Waals surface area contributed by atoms with Crippen LogP contribution in [0.2, 0.25) is 0 Å². The number of nitrogens with zero attached hydrogens (tertiary/aromatic N) is 2. The van der Waals surface area contributed by atoms with Gasteiger partial charge in [-0.1, -0.05) is 19.0 Å². The highest BCUT2D eigenvalue weighted by Crippen LogP contribution is 2.09. The molecule has 5 nitrogen and oxygen atoms in total. The SMILES string of the molecule is CCCN(CCO)C(CC)CC(N)=NO. The van der Waals surface area contributed by atoms with Crippen molar-refractivity contribution in [3.05, 3.63) is 0 Å². The topological polar surface area (TPSA) is 82.1 Å². The standard InChI is InChI=1S/C10H23N3O2/c1-3-5-13(6-7-14)9(4-2)8-10(11)12-15/h9,14-15H,3-8H2,1-2H3,(H2,11,12). The van der Waals surface area contributed by atoms with Crippen molar-refractivity contribution in [1.29, 1.82) is 0 Å². The van der Waals surface area contributed by atoms with Crippen LogP contribution in [-0.4, -0.2) is 46.8 Å². The third-order valence-corrected chi connectivity index (χ3v) is 2.46. The maximum absolute atomic E-state index is 8.95. The highest BCUT2D eigenvalue weighted by atomic mass is 16.4. The summed E-state index contributed by atoms with van der Waals surface area (Å²) in [5.41, 5.74) is 5.49. The maximum atomic E-state index is 8.95. The zero-order valence-corrected chi connectivity index (χ0v) is 9.69. The third kappa shape index (κ3) is 5.59. The Morgan fingerprint density at radius 3 is 2.47 bits per heavy atom. The molecule has 0 aliphatic rings. The van der Waals surface area contributed by atoms with Gasteiger partial charge in [0.1, 0.15) is 5.84 Å². The summed E-state index contributed by atoms with van der Waals surface area (Å²) in [7, 11) is 0. The first kappa shape index (κ1) is 14.2. The molecule has 15 heavy (non-hydrogen) atoms. The van der Waals surface area contributed by atoms with E-state index in [4.69, 9.17) is 16.0 Å². The van der Waals surface area contributed by atoms with Gasteiger partial charge in [-0.05, 0) is 19.4 Å². The minimum absolute atomic E-state index is 0.146. The Kier molecular flexibility index (Phi) is 8.04. The first-order chi connectivity index (χ1) is 7.19. The molecule has 0 aromatic rings. The predicted molar refractivity (Wildman–Crippen MR) is 61.1 cm³/mol. The normalized spacial score (nSPS) is 14.5. The second-order valence-electron chi connectivity index (χ2n) is 3.62. The molecule has 0 aliphatic heterocycles. The molecule has 1 unspecified atom stereocenters. The fraction of sp³-hybridized carbons (Fsp3) is 0.900. The summed E-state index contributed by atoms with van der Waals surface area (Å²) >= 11 is 0. The van der Waals surface area contributed by atoms with Crippen molar-refractivity contribution in [3.8, 4) is 0 Å². The predicted octanol–water partition coefficient (Wildman–Crippen LogP) is 0.606. The average Bonchev–Trinajstić information content (AvgIpc) is 2.25. The average molecular weight is 217 g/mol. The first-order valence-corrected chi connectivity index (χ1v) is 5.50. The van der Waals surface area contributed by atoms with Gasteiger partial charge in [0.2, 0.25) is 0 Å². The van der Waals surface area contributed by atoms with E-state index in [1.54, 1.807) is 0 Å². The second-order valence-corrected chi connectivity index (χ2v) is 3.62. The molecule has 5 heteroatoms. The summed E-state index contributed by atoms with van der Waals surface area (Å²) in [5.74, 6) is 0.251. The van der Waals surface area contributed by atoms with E-state index in [1.165, 1.54) is 0 Å². The first-order valence-electron chi connectivity index (χ1n) is 5.50. The van der Waals surface area contributed by atoms with Crippen molar-refractivity contribution in [3.63, 3.8) is 0 Å². The zero-order chi connectivity index (χ0) is 11.7. The molecule has 0 saturated carbocycles. The van der Waals surface area contributed by atoms with Crippen LogP contribution in [-0.2, 0) is 0 Å². The lowest BCUT2D eigenvalue weighted by atomic mass is 10.1. The van der Waals surface area contributed by atoms with E-state index in [0.717, 1.165) is 19.4 Å². The van der Waals surface area contributed by atoms with Crippen LogP contribution in [0.25, 0.3) is 0 Å². The van der Waals surface area contributed by atoms with Crippen LogP contribution in [0.1, 0.15) is 33.1 Å². The fourth-order valence-corrected chi connectivity index (χ4v) is 1.71. The minimum atomic E-state index is 0.146. The monoisotopic (exact) mass is 217 g/mol. The molecule has 0 aromatic heterocycles. The van der Waals surface area contributed by atoms with Gasteiger partial charge in [0.15, 0.2) is 0 Å². The van der Waals surface area contributed by atoms with Gasteiger partial charge < -0.3 is 16.0 Å². The summed E-state index contributed by atoms with van der Waals surface area (Å²) in [6.45, 7) is 5.88. The molecule has 0 heterocycles. The van der Waals surface area contributed by atoms with Gasteiger partial charge in [-0.2, -0.15) is 0 Å². The molecule has 90 valence electrons. The number of nitrogens with two attached hydrogens (primary N) is 1.